The summed E-state index contributed by atoms with van der Waals surface area (Å²) in [5, 5.41) is 1.86. The molecule has 2 aromatic heterocycles. The van der Waals surface area contributed by atoms with Crippen LogP contribution in [0.15, 0.2) is 34.2 Å². The Morgan fingerprint density at radius 2 is 2.33 bits per heavy atom. The van der Waals surface area contributed by atoms with Gasteiger partial charge in [0.05, 0.1) is 0 Å². The fourth-order valence-corrected chi connectivity index (χ4v) is 2.37. The number of aromatic nitrogens is 1. The lowest BCUT2D eigenvalue weighted by molar-refractivity contribution is 0.103. The zero-order valence-corrected chi connectivity index (χ0v) is 10.4. The zero-order chi connectivity index (χ0) is 10.8. The lowest BCUT2D eigenvalue weighted by Gasteiger charge is -1.99. The van der Waals surface area contributed by atoms with Crippen LogP contribution in [-0.4, -0.2) is 10.8 Å². The van der Waals surface area contributed by atoms with Gasteiger partial charge in [0.15, 0.2) is 0 Å². The van der Waals surface area contributed by atoms with E-state index in [0.29, 0.717) is 11.3 Å². The Kier molecular flexibility index (Phi) is 2.98. The first-order chi connectivity index (χ1) is 7.18. The molecule has 0 saturated carbocycles. The van der Waals surface area contributed by atoms with Gasteiger partial charge in [-0.15, -0.1) is 11.3 Å². The molecule has 2 aromatic rings. The highest BCUT2D eigenvalue weighted by Crippen LogP contribution is 2.20. The van der Waals surface area contributed by atoms with Crippen molar-refractivity contribution in [3.8, 4) is 0 Å². The van der Waals surface area contributed by atoms with E-state index in [1.807, 2.05) is 24.4 Å². The fraction of sp³-hybridized carbons (Fsp3) is 0.0909. The third-order valence-electron chi connectivity index (χ3n) is 1.97. The predicted octanol–water partition coefficient (Wildman–Crippen LogP) is 3.45. The van der Waals surface area contributed by atoms with Crippen LogP contribution in [0.5, 0.6) is 0 Å². The molecule has 0 N–H and O–H groups in total. The summed E-state index contributed by atoms with van der Waals surface area (Å²) in [6.07, 6.45) is 1.62. The number of carbonyl (C=O) groups excluding carboxylic acids is 1. The van der Waals surface area contributed by atoms with E-state index in [2.05, 4.69) is 20.9 Å². The molecule has 0 aliphatic heterocycles. The van der Waals surface area contributed by atoms with Crippen LogP contribution < -0.4 is 0 Å². The SMILES string of the molecule is Cc1cc(C(=O)c2ncccc2Br)cs1. The summed E-state index contributed by atoms with van der Waals surface area (Å²) in [4.78, 5) is 17.2. The van der Waals surface area contributed by atoms with Crippen LogP contribution >= 0.6 is 27.3 Å². The van der Waals surface area contributed by atoms with Crippen LogP contribution in [0.1, 0.15) is 20.9 Å². The van der Waals surface area contributed by atoms with Gasteiger partial charge in [0.25, 0.3) is 0 Å². The maximum atomic E-state index is 12.0. The topological polar surface area (TPSA) is 30.0 Å². The van der Waals surface area contributed by atoms with Crippen molar-refractivity contribution >= 4 is 33.0 Å². The van der Waals surface area contributed by atoms with Crippen molar-refractivity contribution in [1.82, 2.24) is 4.98 Å². The molecular formula is C11H8BrNOS. The number of carbonyl (C=O) groups is 1. The molecule has 0 unspecified atom stereocenters. The Morgan fingerprint density at radius 3 is 2.93 bits per heavy atom. The Hall–Kier alpha value is -1.000. The maximum Gasteiger partial charge on any atom is 0.213 e. The Morgan fingerprint density at radius 1 is 1.53 bits per heavy atom. The second kappa shape index (κ2) is 4.24. The predicted molar refractivity (Wildman–Crippen MR) is 64.4 cm³/mol. The summed E-state index contributed by atoms with van der Waals surface area (Å²) in [6, 6.07) is 5.49. The molecule has 15 heavy (non-hydrogen) atoms. The number of rotatable bonds is 2. The molecule has 0 radical (unpaired) electrons. The van der Waals surface area contributed by atoms with Crippen LogP contribution in [0, 0.1) is 6.92 Å². The van der Waals surface area contributed by atoms with Crippen molar-refractivity contribution in [3.63, 3.8) is 0 Å². The minimum atomic E-state index is -0.0353. The zero-order valence-electron chi connectivity index (χ0n) is 8.03. The third kappa shape index (κ3) is 2.16. The summed E-state index contributed by atoms with van der Waals surface area (Å²) in [7, 11) is 0. The molecule has 2 heterocycles. The van der Waals surface area contributed by atoms with Crippen LogP contribution in [-0.2, 0) is 0 Å². The average Bonchev–Trinajstić information content (AvgIpc) is 2.65. The standard InChI is InChI=1S/C11H8BrNOS/c1-7-5-8(6-15-7)11(14)10-9(12)3-2-4-13-10/h2-6H,1H3. The smallest absolute Gasteiger partial charge is 0.213 e. The molecule has 4 heteroatoms. The van der Waals surface area contributed by atoms with Crippen LogP contribution in [0.3, 0.4) is 0 Å². The van der Waals surface area contributed by atoms with Gasteiger partial charge in [0.1, 0.15) is 5.69 Å². The summed E-state index contributed by atoms with van der Waals surface area (Å²) >= 11 is 4.89. The number of thiophene rings is 1. The number of ketones is 1. The molecule has 0 aliphatic carbocycles. The van der Waals surface area contributed by atoms with E-state index in [-0.39, 0.29) is 5.78 Å². The van der Waals surface area contributed by atoms with Crippen LogP contribution in [0.25, 0.3) is 0 Å². The normalized spacial score (nSPS) is 10.3. The minimum absolute atomic E-state index is 0.0353. The van der Waals surface area contributed by atoms with Gasteiger partial charge in [-0.05, 0) is 41.1 Å². The van der Waals surface area contributed by atoms with E-state index in [1.165, 1.54) is 0 Å². The lowest BCUT2D eigenvalue weighted by atomic mass is 10.1. The molecular weight excluding hydrogens is 274 g/mol. The monoisotopic (exact) mass is 281 g/mol. The Bertz CT molecular complexity index is 507. The largest absolute Gasteiger partial charge is 0.287 e. The first-order valence-electron chi connectivity index (χ1n) is 4.39. The number of hydrogen-bond acceptors (Lipinski definition) is 3. The molecule has 0 aromatic carbocycles. The molecule has 76 valence electrons. The van der Waals surface area contributed by atoms with Crippen molar-refractivity contribution in [1.29, 1.82) is 0 Å². The van der Waals surface area contributed by atoms with Gasteiger partial charge in [-0.1, -0.05) is 0 Å². The highest BCUT2D eigenvalue weighted by molar-refractivity contribution is 9.10. The first-order valence-corrected chi connectivity index (χ1v) is 6.06. The number of halogens is 1. The van der Waals surface area contributed by atoms with Crippen molar-refractivity contribution in [2.45, 2.75) is 6.92 Å². The van der Waals surface area contributed by atoms with Gasteiger partial charge in [-0.3, -0.25) is 9.78 Å². The van der Waals surface area contributed by atoms with E-state index in [9.17, 15) is 4.79 Å². The Labute approximate surface area is 100 Å². The van der Waals surface area contributed by atoms with E-state index in [0.717, 1.165) is 9.35 Å². The summed E-state index contributed by atoms with van der Waals surface area (Å²) in [5.41, 5.74) is 1.17. The van der Waals surface area contributed by atoms with E-state index >= 15 is 0 Å². The first kappa shape index (κ1) is 10.5. The molecule has 0 spiro atoms. The number of pyridine rings is 1. The number of hydrogen-bond donors (Lipinski definition) is 0. The van der Waals surface area contributed by atoms with Gasteiger partial charge in [-0.2, -0.15) is 0 Å². The maximum absolute atomic E-state index is 12.0. The van der Waals surface area contributed by atoms with Gasteiger partial charge in [-0.25, -0.2) is 0 Å². The van der Waals surface area contributed by atoms with Crippen molar-refractivity contribution in [3.05, 3.63) is 50.4 Å². The minimum Gasteiger partial charge on any atom is -0.287 e. The van der Waals surface area contributed by atoms with Gasteiger partial charge >= 0.3 is 0 Å². The summed E-state index contributed by atoms with van der Waals surface area (Å²) in [5.74, 6) is -0.0353. The van der Waals surface area contributed by atoms with Crippen LogP contribution in [0.2, 0.25) is 0 Å². The quantitative estimate of drug-likeness (QED) is 0.790. The molecule has 2 rings (SSSR count). The van der Waals surface area contributed by atoms with Crippen molar-refractivity contribution in [2.75, 3.05) is 0 Å². The molecule has 0 atom stereocenters. The van der Waals surface area contributed by atoms with E-state index in [4.69, 9.17) is 0 Å². The highest BCUT2D eigenvalue weighted by atomic mass is 79.9. The molecule has 0 saturated heterocycles. The molecule has 0 amide bonds. The van der Waals surface area contributed by atoms with E-state index in [1.54, 1.807) is 23.6 Å². The summed E-state index contributed by atoms with van der Waals surface area (Å²) < 4.78 is 0.735. The van der Waals surface area contributed by atoms with Gasteiger partial charge < -0.3 is 0 Å². The number of aryl methyl sites for hydroxylation is 1. The third-order valence-corrected chi connectivity index (χ3v) is 3.47. The van der Waals surface area contributed by atoms with Crippen molar-refractivity contribution < 1.29 is 4.79 Å². The molecule has 2 nitrogen and oxygen atoms in total. The molecule has 0 aliphatic rings. The lowest BCUT2D eigenvalue weighted by Crippen LogP contribution is -2.03. The van der Waals surface area contributed by atoms with E-state index < -0.39 is 0 Å². The average molecular weight is 282 g/mol. The van der Waals surface area contributed by atoms with Gasteiger partial charge in [0, 0.05) is 26.5 Å². The van der Waals surface area contributed by atoms with Crippen LogP contribution in [0.4, 0.5) is 0 Å². The molecule has 0 fully saturated rings. The molecule has 0 bridgehead atoms. The van der Waals surface area contributed by atoms with Gasteiger partial charge in [0.2, 0.25) is 5.78 Å². The summed E-state index contributed by atoms with van der Waals surface area (Å²) in [6.45, 7) is 1.98. The highest BCUT2D eigenvalue weighted by Gasteiger charge is 2.14. The van der Waals surface area contributed by atoms with Crippen molar-refractivity contribution in [2.24, 2.45) is 0 Å². The second-order valence-corrected chi connectivity index (χ2v) is 5.08. The number of nitrogens with zero attached hydrogens (tertiary/aromatic N) is 1. The second-order valence-electron chi connectivity index (χ2n) is 3.11. The Balaban J connectivity index is 2.41. The fourth-order valence-electron chi connectivity index (χ4n) is 1.25.